The fourth-order valence-corrected chi connectivity index (χ4v) is 4.80. The fraction of sp³-hybridized carbons (Fsp3) is 0.429. The molecule has 0 saturated carbocycles. The highest BCUT2D eigenvalue weighted by atomic mass is 31.2. The van der Waals surface area contributed by atoms with Crippen LogP contribution in [0, 0.1) is 0 Å². The maximum atomic E-state index is 13.6. The summed E-state index contributed by atoms with van der Waals surface area (Å²) < 4.78 is 32.2. The van der Waals surface area contributed by atoms with E-state index in [-0.39, 0.29) is 18.6 Å². The maximum Gasteiger partial charge on any atom is 0.342 e. The van der Waals surface area contributed by atoms with Gasteiger partial charge in [0.15, 0.2) is 11.5 Å². The molecule has 3 N–H and O–H groups in total. The summed E-state index contributed by atoms with van der Waals surface area (Å²) in [6.45, 7) is 7.25. The number of hydrogen-bond donors (Lipinski definition) is 2. The van der Waals surface area contributed by atoms with Gasteiger partial charge in [-0.15, -0.1) is 0 Å². The largest absolute Gasteiger partial charge is 0.462 e. The second-order valence-electron chi connectivity index (χ2n) is 7.85. The molecule has 0 radical (unpaired) electrons. The molecule has 3 atom stereocenters. The number of para-hydroxylation sites is 1. The van der Waals surface area contributed by atoms with Crippen LogP contribution < -0.4 is 15.3 Å². The van der Waals surface area contributed by atoms with E-state index >= 15 is 0 Å². The second-order valence-corrected chi connectivity index (χ2v) is 9.89. The molecule has 0 amide bonds. The van der Waals surface area contributed by atoms with Gasteiger partial charge in [-0.05, 0) is 39.8 Å². The number of fused-ring (bicyclic) bond motifs is 1. The van der Waals surface area contributed by atoms with Gasteiger partial charge < -0.3 is 24.3 Å². The molecular formula is C21H29N6O5P. The van der Waals surface area contributed by atoms with Crippen LogP contribution in [-0.2, 0) is 25.4 Å². The molecule has 1 aromatic carbocycles. The maximum absolute atomic E-state index is 13.6. The summed E-state index contributed by atoms with van der Waals surface area (Å²) in [5.74, 6) is 0.151. The Balaban J connectivity index is 1.70. The molecule has 0 aliphatic rings. The average Bonchev–Trinajstić information content (AvgIpc) is 3.16. The van der Waals surface area contributed by atoms with E-state index in [1.54, 1.807) is 55.9 Å². The number of benzene rings is 1. The van der Waals surface area contributed by atoms with Gasteiger partial charge in [-0.3, -0.25) is 9.36 Å². The van der Waals surface area contributed by atoms with E-state index in [1.807, 2.05) is 13.0 Å². The number of esters is 1. The number of hydrogen-bond acceptors (Lipinski definition) is 9. The molecule has 12 heteroatoms. The predicted molar refractivity (Wildman–Crippen MR) is 124 cm³/mol. The van der Waals surface area contributed by atoms with E-state index in [2.05, 4.69) is 20.0 Å². The van der Waals surface area contributed by atoms with Crippen molar-refractivity contribution in [1.82, 2.24) is 24.6 Å². The number of aromatic nitrogens is 4. The second kappa shape index (κ2) is 10.7. The first-order valence-corrected chi connectivity index (χ1v) is 12.3. The predicted octanol–water partition coefficient (Wildman–Crippen LogP) is 2.97. The van der Waals surface area contributed by atoms with Crippen molar-refractivity contribution in [2.75, 3.05) is 12.1 Å². The van der Waals surface area contributed by atoms with Gasteiger partial charge in [0.2, 0.25) is 0 Å². The molecular weight excluding hydrogens is 447 g/mol. The summed E-state index contributed by atoms with van der Waals surface area (Å²) in [5.41, 5.74) is 6.91. The molecule has 0 bridgehead atoms. The SMILES string of the molecule is CC(C)OC(=O)[C@@H](C)N[P@@](=O)(CO[C@@H](C)Cn1cnc2c(N)ncnc21)Oc1ccccc1. The highest BCUT2D eigenvalue weighted by molar-refractivity contribution is 7.57. The van der Waals surface area contributed by atoms with Crippen molar-refractivity contribution in [2.24, 2.45) is 0 Å². The third-order valence-corrected chi connectivity index (χ3v) is 6.28. The number of nitrogen functional groups attached to an aromatic ring is 1. The molecule has 0 unspecified atom stereocenters. The third kappa shape index (κ3) is 6.74. The highest BCUT2D eigenvalue weighted by Crippen LogP contribution is 2.44. The molecule has 11 nitrogen and oxygen atoms in total. The summed E-state index contributed by atoms with van der Waals surface area (Å²) in [5, 5.41) is 2.78. The molecule has 3 rings (SSSR count). The number of nitrogens with one attached hydrogen (secondary N) is 1. The number of ether oxygens (including phenoxy) is 2. The van der Waals surface area contributed by atoms with Crippen LogP contribution in [0.5, 0.6) is 5.75 Å². The Morgan fingerprint density at radius 2 is 1.88 bits per heavy atom. The molecule has 178 valence electrons. The summed E-state index contributed by atoms with van der Waals surface area (Å²) in [4.78, 5) is 24.6. The van der Waals surface area contributed by atoms with Crippen molar-refractivity contribution in [3.8, 4) is 5.75 Å². The third-order valence-electron chi connectivity index (χ3n) is 4.50. The summed E-state index contributed by atoms with van der Waals surface area (Å²) in [6, 6.07) is 7.83. The lowest BCUT2D eigenvalue weighted by molar-refractivity contribution is -0.149. The summed E-state index contributed by atoms with van der Waals surface area (Å²) in [7, 11) is -3.64. The Labute approximate surface area is 192 Å². The molecule has 0 aliphatic carbocycles. The number of rotatable bonds is 11. The van der Waals surface area contributed by atoms with E-state index in [1.165, 1.54) is 6.33 Å². The van der Waals surface area contributed by atoms with Crippen molar-refractivity contribution >= 4 is 30.5 Å². The van der Waals surface area contributed by atoms with Crippen molar-refractivity contribution in [2.45, 2.75) is 52.5 Å². The summed E-state index contributed by atoms with van der Waals surface area (Å²) in [6.07, 6.45) is 2.01. The lowest BCUT2D eigenvalue weighted by Crippen LogP contribution is -2.37. The van der Waals surface area contributed by atoms with Crippen LogP contribution >= 0.6 is 7.52 Å². The molecule has 2 heterocycles. The molecule has 0 spiro atoms. The van der Waals surface area contributed by atoms with Gasteiger partial charge in [0.05, 0.1) is 25.1 Å². The van der Waals surface area contributed by atoms with Crippen LogP contribution in [0.2, 0.25) is 0 Å². The first-order chi connectivity index (χ1) is 15.7. The van der Waals surface area contributed by atoms with Crippen LogP contribution in [0.4, 0.5) is 5.82 Å². The van der Waals surface area contributed by atoms with Crippen molar-refractivity contribution in [3.05, 3.63) is 43.0 Å². The summed E-state index contributed by atoms with van der Waals surface area (Å²) >= 11 is 0. The first-order valence-electron chi connectivity index (χ1n) is 10.5. The Kier molecular flexibility index (Phi) is 8.01. The first kappa shape index (κ1) is 24.6. The fourth-order valence-electron chi connectivity index (χ4n) is 3.01. The number of nitrogens with two attached hydrogens (primary N) is 1. The van der Waals surface area contributed by atoms with Crippen molar-refractivity contribution < 1.29 is 23.4 Å². The van der Waals surface area contributed by atoms with E-state index in [9.17, 15) is 9.36 Å². The minimum Gasteiger partial charge on any atom is -0.462 e. The van der Waals surface area contributed by atoms with E-state index < -0.39 is 19.5 Å². The zero-order valence-corrected chi connectivity index (χ0v) is 19.9. The standard InChI is InChI=1S/C21H29N6O5P/c1-14(2)31-21(28)16(4)26-33(29,32-17-8-6-5-7-9-17)13-30-15(3)10-27-12-25-18-19(22)23-11-24-20(18)27/h5-9,11-12,14-16H,10,13H2,1-4H3,(H,26,29)(H2,22,23,24)/t15-,16+,33+/m0/s1. The lowest BCUT2D eigenvalue weighted by atomic mass is 10.3. The zero-order chi connectivity index (χ0) is 24.0. The Bertz CT molecular complexity index is 1120. The van der Waals surface area contributed by atoms with Gasteiger partial charge in [-0.25, -0.2) is 20.0 Å². The van der Waals surface area contributed by atoms with Crippen LogP contribution in [0.1, 0.15) is 27.7 Å². The van der Waals surface area contributed by atoms with Crippen LogP contribution in [0.15, 0.2) is 43.0 Å². The number of carbonyl (C=O) groups is 1. The molecule has 3 aromatic rings. The van der Waals surface area contributed by atoms with Gasteiger partial charge >= 0.3 is 13.5 Å². The molecule has 2 aromatic heterocycles. The van der Waals surface area contributed by atoms with E-state index in [0.29, 0.717) is 29.3 Å². The minimum absolute atomic E-state index is 0.272. The van der Waals surface area contributed by atoms with Gasteiger partial charge in [-0.1, -0.05) is 18.2 Å². The smallest absolute Gasteiger partial charge is 0.342 e. The van der Waals surface area contributed by atoms with E-state index in [0.717, 1.165) is 0 Å². The Morgan fingerprint density at radius 1 is 1.15 bits per heavy atom. The Hall–Kier alpha value is -3.01. The van der Waals surface area contributed by atoms with E-state index in [4.69, 9.17) is 19.7 Å². The van der Waals surface area contributed by atoms with Crippen LogP contribution in [0.3, 0.4) is 0 Å². The van der Waals surface area contributed by atoms with Crippen LogP contribution in [-0.4, -0.2) is 50.1 Å². The van der Waals surface area contributed by atoms with Gasteiger partial charge in [0.1, 0.15) is 30.0 Å². The monoisotopic (exact) mass is 476 g/mol. The quantitative estimate of drug-likeness (QED) is 0.313. The van der Waals surface area contributed by atoms with Gasteiger partial charge in [0, 0.05) is 0 Å². The van der Waals surface area contributed by atoms with Crippen molar-refractivity contribution in [1.29, 1.82) is 0 Å². The highest BCUT2D eigenvalue weighted by Gasteiger charge is 2.32. The van der Waals surface area contributed by atoms with Gasteiger partial charge in [0.25, 0.3) is 0 Å². The minimum atomic E-state index is -3.64. The van der Waals surface area contributed by atoms with Crippen LogP contribution in [0.25, 0.3) is 11.2 Å². The zero-order valence-electron chi connectivity index (χ0n) is 19.0. The normalized spacial score (nSPS) is 15.2. The number of imidazole rings is 1. The Morgan fingerprint density at radius 3 is 2.58 bits per heavy atom. The molecule has 33 heavy (non-hydrogen) atoms. The molecule has 0 aliphatic heterocycles. The van der Waals surface area contributed by atoms with Crippen molar-refractivity contribution in [3.63, 3.8) is 0 Å². The number of nitrogens with zero attached hydrogens (tertiary/aromatic N) is 4. The van der Waals surface area contributed by atoms with Gasteiger partial charge in [-0.2, -0.15) is 0 Å². The average molecular weight is 476 g/mol. The topological polar surface area (TPSA) is 143 Å². The number of anilines is 1. The molecule has 0 saturated heterocycles. The number of carbonyl (C=O) groups excluding carboxylic acids is 1. The molecule has 0 fully saturated rings. The lowest BCUT2D eigenvalue weighted by Gasteiger charge is -2.25.